The molecular formula is C26H31FN6O2. The first-order chi connectivity index (χ1) is 17.2. The summed E-state index contributed by atoms with van der Waals surface area (Å²) in [7, 11) is 1.65. The van der Waals surface area contributed by atoms with Gasteiger partial charge in [0.1, 0.15) is 18.1 Å². The third kappa shape index (κ3) is 7.53. The first-order valence-electron chi connectivity index (χ1n) is 11.8. The summed E-state index contributed by atoms with van der Waals surface area (Å²) >= 11 is 0. The maximum atomic E-state index is 13.7. The maximum Gasteiger partial charge on any atom is 0.213 e. The van der Waals surface area contributed by atoms with E-state index in [1.165, 1.54) is 12.3 Å². The predicted octanol–water partition coefficient (Wildman–Crippen LogP) is 4.37. The number of rotatable bonds is 10. The molecule has 9 heteroatoms. The number of aromatic nitrogens is 3. The Kier molecular flexibility index (Phi) is 9.08. The Morgan fingerprint density at radius 3 is 2.86 bits per heavy atom. The molecule has 8 nitrogen and oxygen atoms in total. The summed E-state index contributed by atoms with van der Waals surface area (Å²) in [6, 6.07) is 10.7. The molecule has 0 radical (unpaired) electrons. The van der Waals surface area contributed by atoms with Gasteiger partial charge in [-0.1, -0.05) is 6.07 Å². The van der Waals surface area contributed by atoms with Gasteiger partial charge in [-0.15, -0.1) is 0 Å². The number of amidine groups is 1. The third-order valence-electron chi connectivity index (χ3n) is 5.84. The number of methoxy groups -OCH3 is 1. The summed E-state index contributed by atoms with van der Waals surface area (Å²) in [5.41, 5.74) is 2.94. The van der Waals surface area contributed by atoms with Crippen LogP contribution in [0.4, 0.5) is 15.9 Å². The molecule has 0 spiro atoms. The van der Waals surface area contributed by atoms with Gasteiger partial charge in [0.15, 0.2) is 5.82 Å². The predicted molar refractivity (Wildman–Crippen MR) is 134 cm³/mol. The summed E-state index contributed by atoms with van der Waals surface area (Å²) in [5.74, 6) is 1.43. The van der Waals surface area contributed by atoms with E-state index in [0.717, 1.165) is 50.4 Å². The Hall–Kier alpha value is -3.43. The van der Waals surface area contributed by atoms with Gasteiger partial charge in [-0.2, -0.15) is 4.39 Å². The first kappa shape index (κ1) is 24.7. The van der Waals surface area contributed by atoms with Crippen molar-refractivity contribution in [2.45, 2.75) is 25.8 Å². The quantitative estimate of drug-likeness (QED) is 0.254. The molecule has 0 aliphatic carbocycles. The number of ether oxygens (including phenoxy) is 2. The van der Waals surface area contributed by atoms with E-state index in [1.807, 2.05) is 24.3 Å². The van der Waals surface area contributed by atoms with Crippen molar-refractivity contribution >= 4 is 17.3 Å². The van der Waals surface area contributed by atoms with Crippen molar-refractivity contribution in [1.29, 1.82) is 0 Å². The molecule has 0 saturated carbocycles. The molecule has 3 aromatic rings. The van der Waals surface area contributed by atoms with Crippen LogP contribution in [0.3, 0.4) is 0 Å². The van der Waals surface area contributed by atoms with E-state index in [2.05, 4.69) is 20.6 Å². The second-order valence-corrected chi connectivity index (χ2v) is 8.41. The highest BCUT2D eigenvalue weighted by atomic mass is 19.1. The van der Waals surface area contributed by atoms with Crippen LogP contribution in [-0.2, 0) is 16.0 Å². The van der Waals surface area contributed by atoms with Gasteiger partial charge < -0.3 is 20.1 Å². The number of hydrogen-bond acceptors (Lipinski definition) is 7. The summed E-state index contributed by atoms with van der Waals surface area (Å²) < 4.78 is 24.5. The Balaban J connectivity index is 1.55. The lowest BCUT2D eigenvalue weighted by atomic mass is 9.97. The number of aliphatic imine (C=N–C) groups is 1. The Labute approximate surface area is 205 Å². The smallest absolute Gasteiger partial charge is 0.213 e. The molecule has 3 aromatic heterocycles. The van der Waals surface area contributed by atoms with Crippen molar-refractivity contribution < 1.29 is 13.9 Å². The lowest BCUT2D eigenvalue weighted by Gasteiger charge is -2.22. The lowest BCUT2D eigenvalue weighted by Crippen LogP contribution is -2.30. The molecule has 2 N–H and O–H groups in total. The van der Waals surface area contributed by atoms with Crippen LogP contribution in [0.15, 0.2) is 60.0 Å². The van der Waals surface area contributed by atoms with E-state index < -0.39 is 5.95 Å². The number of anilines is 1. The van der Waals surface area contributed by atoms with E-state index >= 15 is 0 Å². The third-order valence-corrected chi connectivity index (χ3v) is 5.84. The Morgan fingerprint density at radius 1 is 1.20 bits per heavy atom. The van der Waals surface area contributed by atoms with Crippen LogP contribution >= 0.6 is 0 Å². The van der Waals surface area contributed by atoms with Crippen LogP contribution in [0.2, 0.25) is 0 Å². The molecule has 0 aromatic carbocycles. The van der Waals surface area contributed by atoms with Crippen molar-refractivity contribution in [2.75, 3.05) is 38.8 Å². The molecule has 1 saturated heterocycles. The van der Waals surface area contributed by atoms with Crippen molar-refractivity contribution in [3.8, 4) is 11.3 Å². The van der Waals surface area contributed by atoms with Crippen LogP contribution in [0.25, 0.3) is 11.3 Å². The largest absolute Gasteiger partial charge is 0.381 e. The van der Waals surface area contributed by atoms with Gasteiger partial charge in [-0.3, -0.25) is 4.98 Å². The van der Waals surface area contributed by atoms with Gasteiger partial charge in [0.2, 0.25) is 5.95 Å². The minimum atomic E-state index is -0.549. The van der Waals surface area contributed by atoms with Crippen molar-refractivity contribution in [2.24, 2.45) is 10.9 Å². The molecule has 184 valence electrons. The number of halogens is 1. The topological polar surface area (TPSA) is 93.6 Å². The van der Waals surface area contributed by atoms with E-state index in [0.29, 0.717) is 41.8 Å². The normalized spacial score (nSPS) is 14.6. The zero-order valence-electron chi connectivity index (χ0n) is 19.9. The highest BCUT2D eigenvalue weighted by molar-refractivity contribution is 5.87. The second-order valence-electron chi connectivity index (χ2n) is 8.41. The molecule has 0 atom stereocenters. The number of hydrogen-bond donors (Lipinski definition) is 2. The molecule has 1 aliphatic rings. The molecule has 1 aliphatic heterocycles. The number of nitrogens with zero attached hydrogens (tertiary/aromatic N) is 4. The van der Waals surface area contributed by atoms with Crippen molar-refractivity contribution in [3.63, 3.8) is 0 Å². The minimum absolute atomic E-state index is 0.354. The average molecular weight is 479 g/mol. The monoisotopic (exact) mass is 478 g/mol. The van der Waals surface area contributed by atoms with Crippen molar-refractivity contribution in [1.82, 2.24) is 20.3 Å². The highest BCUT2D eigenvalue weighted by Crippen LogP contribution is 2.28. The standard InChI is InChI=1S/C26H31FN6O2/c1-34-18-25(30-11-6-19-8-13-35-14-9-19)32-23-5-4-22(21-7-12-29-24(27)15-21)33-26(23)31-17-20-3-2-10-28-16-20/h2-5,7,10,12,15-16,19H,6,8-9,11,13-14,17-18H2,1H3,(H,30,32)(H,31,33). The van der Waals surface area contributed by atoms with E-state index in [-0.39, 0.29) is 0 Å². The molecule has 4 heterocycles. The highest BCUT2D eigenvalue weighted by Gasteiger charge is 2.14. The SMILES string of the molecule is COC/C(=N\c1ccc(-c2ccnc(F)c2)nc1NCc1cccnc1)NCCC1CCOCC1. The molecule has 0 bridgehead atoms. The maximum absolute atomic E-state index is 13.7. The minimum Gasteiger partial charge on any atom is -0.381 e. The van der Waals surface area contributed by atoms with Crippen LogP contribution < -0.4 is 10.6 Å². The van der Waals surface area contributed by atoms with E-state index in [9.17, 15) is 4.39 Å². The van der Waals surface area contributed by atoms with E-state index in [4.69, 9.17) is 19.5 Å². The molecular weight excluding hydrogens is 447 g/mol. The van der Waals surface area contributed by atoms with Gasteiger partial charge in [0, 0.05) is 63.6 Å². The van der Waals surface area contributed by atoms with Gasteiger partial charge in [-0.05, 0) is 55.0 Å². The fourth-order valence-electron chi connectivity index (χ4n) is 3.94. The summed E-state index contributed by atoms with van der Waals surface area (Å²) in [6.07, 6.45) is 8.22. The summed E-state index contributed by atoms with van der Waals surface area (Å²) in [4.78, 5) is 17.4. The second kappa shape index (κ2) is 12.9. The fraction of sp³-hybridized carbons (Fsp3) is 0.385. The first-order valence-corrected chi connectivity index (χ1v) is 11.8. The van der Waals surface area contributed by atoms with Crippen LogP contribution in [-0.4, -0.2) is 54.3 Å². The molecule has 35 heavy (non-hydrogen) atoms. The van der Waals surface area contributed by atoms with Crippen molar-refractivity contribution in [3.05, 3.63) is 66.5 Å². The molecule has 4 rings (SSSR count). The summed E-state index contributed by atoms with van der Waals surface area (Å²) in [6.45, 7) is 3.37. The lowest BCUT2D eigenvalue weighted by molar-refractivity contribution is 0.0643. The summed E-state index contributed by atoms with van der Waals surface area (Å²) in [5, 5.41) is 6.79. The average Bonchev–Trinajstić information content (AvgIpc) is 2.89. The van der Waals surface area contributed by atoms with Gasteiger partial charge in [0.25, 0.3) is 0 Å². The van der Waals surface area contributed by atoms with Gasteiger partial charge in [-0.25, -0.2) is 15.0 Å². The van der Waals surface area contributed by atoms with E-state index in [1.54, 1.807) is 25.6 Å². The van der Waals surface area contributed by atoms with Gasteiger partial charge in [0.05, 0.1) is 5.69 Å². The van der Waals surface area contributed by atoms with Gasteiger partial charge >= 0.3 is 0 Å². The zero-order valence-corrected chi connectivity index (χ0v) is 19.9. The Morgan fingerprint density at radius 2 is 2.09 bits per heavy atom. The van der Waals surface area contributed by atoms with Crippen LogP contribution in [0.5, 0.6) is 0 Å². The zero-order chi connectivity index (χ0) is 24.3. The number of nitrogens with one attached hydrogen (secondary N) is 2. The fourth-order valence-corrected chi connectivity index (χ4v) is 3.94. The van der Waals surface area contributed by atoms with Crippen LogP contribution in [0, 0.1) is 11.9 Å². The van der Waals surface area contributed by atoms with Crippen LogP contribution in [0.1, 0.15) is 24.8 Å². The molecule has 0 unspecified atom stereocenters. The number of pyridine rings is 3. The molecule has 1 fully saturated rings. The Bertz CT molecular complexity index is 1110. The molecule has 0 amide bonds.